The summed E-state index contributed by atoms with van der Waals surface area (Å²) in [6, 6.07) is 7.40. The number of carboxylic acids is 1. The van der Waals surface area contributed by atoms with Gasteiger partial charge in [0.15, 0.2) is 5.13 Å². The number of hydrogen-bond donors (Lipinski definition) is 2. The molecule has 4 rings (SSSR count). The van der Waals surface area contributed by atoms with Crippen molar-refractivity contribution in [1.82, 2.24) is 4.98 Å². The van der Waals surface area contributed by atoms with Gasteiger partial charge in [0.05, 0.1) is 17.5 Å². The fraction of sp³-hybridized carbons (Fsp3) is 0.421. The number of benzene rings is 1. The van der Waals surface area contributed by atoms with E-state index in [0.29, 0.717) is 10.2 Å². The second kappa shape index (κ2) is 6.67. The molecule has 1 aromatic heterocycles. The van der Waals surface area contributed by atoms with E-state index in [1.807, 2.05) is 19.1 Å². The highest BCUT2D eigenvalue weighted by atomic mass is 35.5. The summed E-state index contributed by atoms with van der Waals surface area (Å²) in [5.74, 6) is -1.76. The molecule has 1 amide bonds. The van der Waals surface area contributed by atoms with Crippen LogP contribution in [0.5, 0.6) is 0 Å². The van der Waals surface area contributed by atoms with Crippen LogP contribution >= 0.6 is 22.9 Å². The Labute approximate surface area is 160 Å². The topological polar surface area (TPSA) is 79.3 Å². The van der Waals surface area contributed by atoms with Crippen molar-refractivity contribution in [3.8, 4) is 11.3 Å². The van der Waals surface area contributed by atoms with Crippen LogP contribution in [0.25, 0.3) is 11.3 Å². The number of halogens is 1. The summed E-state index contributed by atoms with van der Waals surface area (Å²) in [5, 5.41) is 13.6. The predicted octanol–water partition coefficient (Wildman–Crippen LogP) is 4.46. The van der Waals surface area contributed by atoms with Crippen molar-refractivity contribution in [2.24, 2.45) is 23.7 Å². The number of carboxylic acid groups (broad SMARTS) is 1. The maximum Gasteiger partial charge on any atom is 0.307 e. The van der Waals surface area contributed by atoms with Crippen molar-refractivity contribution >= 4 is 39.9 Å². The van der Waals surface area contributed by atoms with Gasteiger partial charge in [-0.3, -0.25) is 9.59 Å². The Morgan fingerprint density at radius 2 is 1.85 bits per heavy atom. The number of amides is 1. The van der Waals surface area contributed by atoms with Gasteiger partial charge in [0.25, 0.3) is 0 Å². The zero-order chi connectivity index (χ0) is 18.4. The number of hydrogen-bond acceptors (Lipinski definition) is 4. The fourth-order valence-electron chi connectivity index (χ4n) is 4.54. The van der Waals surface area contributed by atoms with E-state index in [0.717, 1.165) is 35.4 Å². The highest BCUT2D eigenvalue weighted by Gasteiger charge is 2.54. The minimum Gasteiger partial charge on any atom is -0.481 e. The van der Waals surface area contributed by atoms with Gasteiger partial charge in [-0.25, -0.2) is 4.98 Å². The van der Waals surface area contributed by atoms with Crippen molar-refractivity contribution in [3.05, 3.63) is 34.2 Å². The number of aliphatic carboxylic acids is 1. The van der Waals surface area contributed by atoms with E-state index < -0.39 is 17.8 Å². The number of fused-ring (bicyclic) bond motifs is 2. The molecule has 1 heterocycles. The first-order valence-corrected chi connectivity index (χ1v) is 9.90. The highest BCUT2D eigenvalue weighted by molar-refractivity contribution is 7.16. The molecule has 136 valence electrons. The van der Waals surface area contributed by atoms with Crippen LogP contribution in [0.1, 0.15) is 24.1 Å². The number of aromatic nitrogens is 1. The number of anilines is 1. The van der Waals surface area contributed by atoms with Gasteiger partial charge in [0.2, 0.25) is 5.91 Å². The Morgan fingerprint density at radius 1 is 1.19 bits per heavy atom. The molecule has 0 radical (unpaired) electrons. The van der Waals surface area contributed by atoms with E-state index in [1.54, 1.807) is 12.1 Å². The molecule has 2 saturated carbocycles. The quantitative estimate of drug-likeness (QED) is 0.807. The number of thiazole rings is 1. The molecule has 1 aromatic carbocycles. The van der Waals surface area contributed by atoms with E-state index in [4.69, 9.17) is 11.6 Å². The molecule has 0 unspecified atom stereocenters. The zero-order valence-corrected chi connectivity index (χ0v) is 15.8. The molecule has 2 fully saturated rings. The lowest BCUT2D eigenvalue weighted by Gasteiger charge is -2.26. The number of rotatable bonds is 4. The summed E-state index contributed by atoms with van der Waals surface area (Å²) in [6.45, 7) is 1.95. The summed E-state index contributed by atoms with van der Waals surface area (Å²) in [6.07, 6.45) is 2.71. The van der Waals surface area contributed by atoms with Crippen molar-refractivity contribution in [2.75, 3.05) is 5.32 Å². The Bertz CT molecular complexity index is 864. The van der Waals surface area contributed by atoms with Crippen molar-refractivity contribution in [3.63, 3.8) is 0 Å². The van der Waals surface area contributed by atoms with Crippen LogP contribution in [0.2, 0.25) is 5.02 Å². The number of carbonyl (C=O) groups is 2. The Kier molecular flexibility index (Phi) is 4.49. The first-order chi connectivity index (χ1) is 12.4. The normalized spacial score (nSPS) is 26.8. The Hall–Kier alpha value is -1.92. The summed E-state index contributed by atoms with van der Waals surface area (Å²) in [4.78, 5) is 30.0. The smallest absolute Gasteiger partial charge is 0.307 e. The number of nitrogens with zero attached hydrogens (tertiary/aromatic N) is 1. The monoisotopic (exact) mass is 390 g/mol. The number of carbonyl (C=O) groups excluding carboxylic acids is 1. The van der Waals surface area contributed by atoms with E-state index >= 15 is 0 Å². The molecule has 0 spiro atoms. The molecule has 4 atom stereocenters. The third-order valence-electron chi connectivity index (χ3n) is 5.65. The van der Waals surface area contributed by atoms with Gasteiger partial charge >= 0.3 is 5.97 Å². The molecule has 0 aliphatic heterocycles. The average Bonchev–Trinajstić information content (AvgIpc) is 3.29. The molecular weight excluding hydrogens is 372 g/mol. The Morgan fingerprint density at radius 3 is 2.50 bits per heavy atom. The van der Waals surface area contributed by atoms with E-state index in [1.165, 1.54) is 11.3 Å². The maximum atomic E-state index is 12.8. The van der Waals surface area contributed by atoms with Crippen LogP contribution in [0, 0.1) is 30.6 Å². The molecule has 2 aliphatic carbocycles. The first kappa shape index (κ1) is 17.5. The Balaban J connectivity index is 1.54. The van der Waals surface area contributed by atoms with E-state index in [2.05, 4.69) is 10.3 Å². The van der Waals surface area contributed by atoms with E-state index in [9.17, 15) is 14.7 Å². The van der Waals surface area contributed by atoms with Crippen molar-refractivity contribution in [1.29, 1.82) is 0 Å². The summed E-state index contributed by atoms with van der Waals surface area (Å²) in [7, 11) is 0. The van der Waals surface area contributed by atoms with E-state index in [-0.39, 0.29) is 17.7 Å². The van der Waals surface area contributed by atoms with Crippen LogP contribution < -0.4 is 5.32 Å². The van der Waals surface area contributed by atoms with Gasteiger partial charge in [0, 0.05) is 15.5 Å². The van der Waals surface area contributed by atoms with Gasteiger partial charge < -0.3 is 10.4 Å². The molecular formula is C19H19ClN2O3S. The predicted molar refractivity (Wildman–Crippen MR) is 101 cm³/mol. The number of aryl methyl sites for hydroxylation is 1. The zero-order valence-electron chi connectivity index (χ0n) is 14.2. The molecule has 2 aromatic rings. The second-order valence-electron chi connectivity index (χ2n) is 7.14. The molecule has 5 nitrogen and oxygen atoms in total. The van der Waals surface area contributed by atoms with Gasteiger partial charge in [-0.1, -0.05) is 23.7 Å². The van der Waals surface area contributed by atoms with Crippen molar-refractivity contribution in [2.45, 2.75) is 26.2 Å². The third-order valence-corrected chi connectivity index (χ3v) is 6.79. The molecule has 2 N–H and O–H groups in total. The minimum atomic E-state index is -0.852. The van der Waals surface area contributed by atoms with Crippen LogP contribution in [0.3, 0.4) is 0 Å². The summed E-state index contributed by atoms with van der Waals surface area (Å²) >= 11 is 7.34. The second-order valence-corrected chi connectivity index (χ2v) is 8.78. The summed E-state index contributed by atoms with van der Waals surface area (Å²) in [5.41, 5.74) is 1.75. The van der Waals surface area contributed by atoms with Gasteiger partial charge in [-0.15, -0.1) is 11.3 Å². The molecule has 0 saturated heterocycles. The van der Waals surface area contributed by atoms with Crippen LogP contribution in [-0.2, 0) is 9.59 Å². The summed E-state index contributed by atoms with van der Waals surface area (Å²) < 4.78 is 0. The third kappa shape index (κ3) is 3.01. The molecule has 26 heavy (non-hydrogen) atoms. The lowest BCUT2D eigenvalue weighted by Crippen LogP contribution is -2.37. The van der Waals surface area contributed by atoms with Crippen LogP contribution in [0.15, 0.2) is 24.3 Å². The minimum absolute atomic E-state index is 0.135. The standard InChI is InChI=1S/C19H19ClN2O3S/c1-9-16(10-4-6-13(20)7-5-10)21-19(26-9)22-17(23)14-11-2-3-12(8-11)15(14)18(24)25/h4-7,11-12,14-15H,2-3,8H2,1H3,(H,24,25)(H,21,22,23)/t11-,12-,14-,15+/m0/s1. The average molecular weight is 391 g/mol. The van der Waals surface area contributed by atoms with Gasteiger partial charge in [0.1, 0.15) is 0 Å². The first-order valence-electron chi connectivity index (χ1n) is 8.71. The molecule has 2 bridgehead atoms. The maximum absolute atomic E-state index is 12.8. The van der Waals surface area contributed by atoms with Gasteiger partial charge in [-0.05, 0) is 50.2 Å². The molecule has 7 heteroatoms. The van der Waals surface area contributed by atoms with Gasteiger partial charge in [-0.2, -0.15) is 0 Å². The highest BCUT2D eigenvalue weighted by Crippen LogP contribution is 2.52. The SMILES string of the molecule is Cc1sc(NC(=O)[C@H]2[C@H]3CC[C@@H](C3)[C@H]2C(=O)O)nc1-c1ccc(Cl)cc1. The lowest BCUT2D eigenvalue weighted by atomic mass is 9.79. The van der Waals surface area contributed by atoms with Crippen molar-refractivity contribution < 1.29 is 14.7 Å². The largest absolute Gasteiger partial charge is 0.481 e. The fourth-order valence-corrected chi connectivity index (χ4v) is 5.50. The number of nitrogens with one attached hydrogen (secondary N) is 1. The van der Waals surface area contributed by atoms with Crippen LogP contribution in [-0.4, -0.2) is 22.0 Å². The molecule has 2 aliphatic rings. The van der Waals surface area contributed by atoms with Crippen LogP contribution in [0.4, 0.5) is 5.13 Å². The lowest BCUT2D eigenvalue weighted by molar-refractivity contribution is -0.148.